The molecule has 19 heavy (non-hydrogen) atoms. The first kappa shape index (κ1) is 16.0. The van der Waals surface area contributed by atoms with E-state index < -0.39 is 6.10 Å². The van der Waals surface area contributed by atoms with Crippen LogP contribution in [0.1, 0.15) is 46.0 Å². The van der Waals surface area contributed by atoms with Crippen molar-refractivity contribution in [3.05, 3.63) is 0 Å². The normalized spacial score (nSPS) is 17.5. The standard InChI is InChI=1S/C14H26N2O3/c1-10(2)12(17)7-8-15-13(18)9-16-14(19)11-5-3-4-6-11/h10-12,17H,3-9H2,1-2H3,(H,15,18)(H,16,19). The average Bonchev–Trinajstić information content (AvgIpc) is 2.89. The van der Waals surface area contributed by atoms with E-state index in [4.69, 9.17) is 0 Å². The maximum absolute atomic E-state index is 11.7. The Balaban J connectivity index is 2.09. The van der Waals surface area contributed by atoms with E-state index in [0.29, 0.717) is 13.0 Å². The van der Waals surface area contributed by atoms with Crippen LogP contribution in [0.15, 0.2) is 0 Å². The molecule has 5 heteroatoms. The van der Waals surface area contributed by atoms with Gasteiger partial charge in [-0.1, -0.05) is 26.7 Å². The molecular weight excluding hydrogens is 244 g/mol. The van der Waals surface area contributed by atoms with Crippen molar-refractivity contribution in [3.8, 4) is 0 Å². The van der Waals surface area contributed by atoms with Crippen molar-refractivity contribution < 1.29 is 14.7 Å². The van der Waals surface area contributed by atoms with Crippen LogP contribution in [0.25, 0.3) is 0 Å². The van der Waals surface area contributed by atoms with Crippen LogP contribution in [-0.4, -0.2) is 36.1 Å². The van der Waals surface area contributed by atoms with Gasteiger partial charge in [0, 0.05) is 12.5 Å². The van der Waals surface area contributed by atoms with Crippen molar-refractivity contribution in [2.75, 3.05) is 13.1 Å². The second-order valence-electron chi connectivity index (χ2n) is 5.65. The van der Waals surface area contributed by atoms with Crippen molar-refractivity contribution in [2.24, 2.45) is 11.8 Å². The molecule has 2 amide bonds. The highest BCUT2D eigenvalue weighted by Gasteiger charge is 2.22. The van der Waals surface area contributed by atoms with Crippen molar-refractivity contribution in [3.63, 3.8) is 0 Å². The van der Waals surface area contributed by atoms with E-state index in [0.717, 1.165) is 25.7 Å². The molecular formula is C14H26N2O3. The SMILES string of the molecule is CC(C)C(O)CCNC(=O)CNC(=O)C1CCCC1. The molecule has 0 spiro atoms. The first-order valence-corrected chi connectivity index (χ1v) is 7.23. The first-order chi connectivity index (χ1) is 9.00. The zero-order valence-corrected chi connectivity index (χ0v) is 11.9. The Morgan fingerprint density at radius 1 is 1.21 bits per heavy atom. The van der Waals surface area contributed by atoms with Gasteiger partial charge < -0.3 is 15.7 Å². The van der Waals surface area contributed by atoms with E-state index in [-0.39, 0.29) is 30.2 Å². The number of aliphatic hydroxyl groups excluding tert-OH is 1. The van der Waals surface area contributed by atoms with Crippen LogP contribution in [0.4, 0.5) is 0 Å². The smallest absolute Gasteiger partial charge is 0.239 e. The number of amides is 2. The molecule has 1 atom stereocenters. The van der Waals surface area contributed by atoms with Gasteiger partial charge in [-0.25, -0.2) is 0 Å². The third-order valence-electron chi connectivity index (χ3n) is 3.68. The van der Waals surface area contributed by atoms with Gasteiger partial charge in [0.05, 0.1) is 12.6 Å². The molecule has 1 aliphatic rings. The van der Waals surface area contributed by atoms with Crippen LogP contribution in [0, 0.1) is 11.8 Å². The Morgan fingerprint density at radius 2 is 1.84 bits per heavy atom. The highest BCUT2D eigenvalue weighted by molar-refractivity contribution is 5.85. The van der Waals surface area contributed by atoms with Crippen LogP contribution < -0.4 is 10.6 Å². The molecule has 110 valence electrons. The number of hydrogen-bond acceptors (Lipinski definition) is 3. The van der Waals surface area contributed by atoms with Crippen LogP contribution >= 0.6 is 0 Å². The van der Waals surface area contributed by atoms with Crippen molar-refractivity contribution in [1.29, 1.82) is 0 Å². The van der Waals surface area contributed by atoms with Gasteiger partial charge >= 0.3 is 0 Å². The van der Waals surface area contributed by atoms with E-state index in [2.05, 4.69) is 10.6 Å². The summed E-state index contributed by atoms with van der Waals surface area (Å²) >= 11 is 0. The van der Waals surface area contributed by atoms with Gasteiger partial charge in [0.2, 0.25) is 11.8 Å². The predicted octanol–water partition coefficient (Wildman–Crippen LogP) is 0.816. The molecule has 1 unspecified atom stereocenters. The van der Waals surface area contributed by atoms with Crippen LogP contribution in [0.5, 0.6) is 0 Å². The van der Waals surface area contributed by atoms with Gasteiger partial charge in [-0.15, -0.1) is 0 Å². The summed E-state index contributed by atoms with van der Waals surface area (Å²) in [4.78, 5) is 23.2. The van der Waals surface area contributed by atoms with E-state index in [1.54, 1.807) is 0 Å². The minimum absolute atomic E-state index is 0.00475. The van der Waals surface area contributed by atoms with Gasteiger partial charge in [0.25, 0.3) is 0 Å². The maximum atomic E-state index is 11.7. The van der Waals surface area contributed by atoms with Gasteiger partial charge in [0.15, 0.2) is 0 Å². The largest absolute Gasteiger partial charge is 0.393 e. The number of aliphatic hydroxyl groups is 1. The van der Waals surface area contributed by atoms with Crippen molar-refractivity contribution >= 4 is 11.8 Å². The molecule has 0 saturated heterocycles. The molecule has 0 aromatic rings. The van der Waals surface area contributed by atoms with Crippen LogP contribution in [0.3, 0.4) is 0 Å². The summed E-state index contributed by atoms with van der Waals surface area (Å²) in [7, 11) is 0. The Hall–Kier alpha value is -1.10. The van der Waals surface area contributed by atoms with Crippen LogP contribution in [0.2, 0.25) is 0 Å². The molecule has 1 aliphatic carbocycles. The maximum Gasteiger partial charge on any atom is 0.239 e. The second kappa shape index (κ2) is 8.15. The van der Waals surface area contributed by atoms with Gasteiger partial charge in [-0.05, 0) is 25.2 Å². The summed E-state index contributed by atoms with van der Waals surface area (Å²) in [5.41, 5.74) is 0. The number of carbonyl (C=O) groups excluding carboxylic acids is 2. The zero-order valence-electron chi connectivity index (χ0n) is 11.9. The molecule has 5 nitrogen and oxygen atoms in total. The summed E-state index contributed by atoms with van der Waals surface area (Å²) in [6.07, 6.45) is 4.24. The first-order valence-electron chi connectivity index (χ1n) is 7.23. The lowest BCUT2D eigenvalue weighted by Gasteiger charge is -2.15. The number of rotatable bonds is 7. The molecule has 0 radical (unpaired) electrons. The van der Waals surface area contributed by atoms with Crippen LogP contribution in [-0.2, 0) is 9.59 Å². The zero-order chi connectivity index (χ0) is 14.3. The molecule has 1 saturated carbocycles. The molecule has 0 heterocycles. The Bertz CT molecular complexity index is 299. The predicted molar refractivity (Wildman–Crippen MR) is 73.4 cm³/mol. The highest BCUT2D eigenvalue weighted by atomic mass is 16.3. The monoisotopic (exact) mass is 270 g/mol. The fraction of sp³-hybridized carbons (Fsp3) is 0.857. The molecule has 3 N–H and O–H groups in total. The lowest BCUT2D eigenvalue weighted by atomic mass is 10.0. The van der Waals surface area contributed by atoms with E-state index >= 15 is 0 Å². The third-order valence-corrected chi connectivity index (χ3v) is 3.68. The molecule has 0 aliphatic heterocycles. The number of hydrogen-bond donors (Lipinski definition) is 3. The molecule has 0 aromatic heterocycles. The Labute approximate surface area is 115 Å². The quantitative estimate of drug-likeness (QED) is 0.641. The Morgan fingerprint density at radius 3 is 2.42 bits per heavy atom. The molecule has 0 bridgehead atoms. The average molecular weight is 270 g/mol. The molecule has 1 rings (SSSR count). The summed E-state index contributed by atoms with van der Waals surface area (Å²) in [5.74, 6) is 0.0895. The van der Waals surface area contributed by atoms with Gasteiger partial charge in [0.1, 0.15) is 0 Å². The lowest BCUT2D eigenvalue weighted by Crippen LogP contribution is -2.40. The van der Waals surface area contributed by atoms with Crippen molar-refractivity contribution in [2.45, 2.75) is 52.1 Å². The second-order valence-corrected chi connectivity index (χ2v) is 5.65. The van der Waals surface area contributed by atoms with Gasteiger partial charge in [-0.3, -0.25) is 9.59 Å². The van der Waals surface area contributed by atoms with Crippen molar-refractivity contribution in [1.82, 2.24) is 10.6 Å². The summed E-state index contributed by atoms with van der Waals surface area (Å²) in [6.45, 7) is 4.35. The minimum atomic E-state index is -0.395. The minimum Gasteiger partial charge on any atom is -0.393 e. The number of carbonyl (C=O) groups is 2. The fourth-order valence-corrected chi connectivity index (χ4v) is 2.26. The fourth-order valence-electron chi connectivity index (χ4n) is 2.26. The van der Waals surface area contributed by atoms with Gasteiger partial charge in [-0.2, -0.15) is 0 Å². The van der Waals surface area contributed by atoms with E-state index in [1.165, 1.54) is 0 Å². The summed E-state index contributed by atoms with van der Waals surface area (Å²) in [5, 5.41) is 15.0. The third kappa shape index (κ3) is 6.05. The topological polar surface area (TPSA) is 78.4 Å². The Kier molecular flexibility index (Phi) is 6.84. The molecule has 1 fully saturated rings. The summed E-state index contributed by atoms with van der Waals surface area (Å²) < 4.78 is 0. The lowest BCUT2D eigenvalue weighted by molar-refractivity contribution is -0.128. The number of nitrogens with one attached hydrogen (secondary N) is 2. The summed E-state index contributed by atoms with van der Waals surface area (Å²) in [6, 6.07) is 0. The highest BCUT2D eigenvalue weighted by Crippen LogP contribution is 2.24. The molecule has 0 aromatic carbocycles. The van der Waals surface area contributed by atoms with E-state index in [1.807, 2.05) is 13.8 Å². The van der Waals surface area contributed by atoms with E-state index in [9.17, 15) is 14.7 Å².